The molecule has 0 aromatic heterocycles. The lowest BCUT2D eigenvalue weighted by Crippen LogP contribution is -2.28. The number of alkyl halides is 2. The van der Waals surface area contributed by atoms with Gasteiger partial charge in [-0.25, -0.2) is 4.39 Å². The highest BCUT2D eigenvalue weighted by molar-refractivity contribution is 6.31. The molecule has 106 valence electrons. The molecule has 1 aliphatic heterocycles. The number of nitrogens with one attached hydrogen (secondary N) is 1. The molecule has 2 rings (SSSR count). The number of benzene rings is 1. The number of nitrogens with zero attached hydrogens (tertiary/aromatic N) is 1. The van der Waals surface area contributed by atoms with Gasteiger partial charge in [-0.05, 0) is 17.7 Å². The lowest BCUT2D eigenvalue weighted by Gasteiger charge is -2.14. The first-order valence-corrected chi connectivity index (χ1v) is 6.42. The Morgan fingerprint density at radius 1 is 1.25 bits per heavy atom. The number of hydrogen-bond acceptors (Lipinski definition) is 3. The van der Waals surface area contributed by atoms with E-state index in [2.05, 4.69) is 5.32 Å². The second kappa shape index (κ2) is 6.00. The van der Waals surface area contributed by atoms with Gasteiger partial charge in [0.1, 0.15) is 0 Å². The lowest BCUT2D eigenvalue weighted by atomic mass is 10.2. The number of rotatable bonds is 4. The molecule has 1 aromatic carbocycles. The minimum absolute atomic E-state index is 0.185. The molecular formula is C13H12ClFN2O3. The first-order chi connectivity index (χ1) is 9.47. The molecule has 1 aliphatic rings. The monoisotopic (exact) mass is 298 g/mol. The largest absolute Gasteiger partial charge is 0.322 e. The zero-order chi connectivity index (χ0) is 14.7. The van der Waals surface area contributed by atoms with Crippen molar-refractivity contribution in [2.24, 2.45) is 0 Å². The first kappa shape index (κ1) is 14.5. The Morgan fingerprint density at radius 3 is 2.30 bits per heavy atom. The van der Waals surface area contributed by atoms with Crippen LogP contribution in [0.5, 0.6) is 0 Å². The number of amides is 3. The molecule has 1 unspecified atom stereocenters. The standard InChI is InChI=1S/C13H12ClFN2O3/c14-12(15)13(20)16-9-3-1-8(2-4-9)7-17-10(18)5-6-11(17)19/h1-4,12H,5-7H2,(H,16,20). The van der Waals surface area contributed by atoms with Crippen LogP contribution in [0.1, 0.15) is 18.4 Å². The van der Waals surface area contributed by atoms with Gasteiger partial charge in [0.25, 0.3) is 11.5 Å². The molecular weight excluding hydrogens is 287 g/mol. The smallest absolute Gasteiger partial charge is 0.274 e. The fourth-order valence-electron chi connectivity index (χ4n) is 1.87. The van der Waals surface area contributed by atoms with Gasteiger partial charge in [0.15, 0.2) is 0 Å². The quantitative estimate of drug-likeness (QED) is 0.681. The highest BCUT2D eigenvalue weighted by atomic mass is 35.5. The van der Waals surface area contributed by atoms with Crippen molar-refractivity contribution in [3.05, 3.63) is 29.8 Å². The summed E-state index contributed by atoms with van der Waals surface area (Å²) in [5.74, 6) is -1.31. The van der Waals surface area contributed by atoms with E-state index in [-0.39, 0.29) is 31.2 Å². The predicted molar refractivity (Wildman–Crippen MR) is 70.6 cm³/mol. The number of anilines is 1. The van der Waals surface area contributed by atoms with Crippen LogP contribution < -0.4 is 5.32 Å². The van der Waals surface area contributed by atoms with Crippen molar-refractivity contribution in [1.82, 2.24) is 4.90 Å². The Kier molecular flexibility index (Phi) is 4.34. The van der Waals surface area contributed by atoms with Gasteiger partial charge in [-0.2, -0.15) is 0 Å². The predicted octanol–water partition coefficient (Wildman–Crippen LogP) is 1.81. The third-order valence-corrected chi connectivity index (χ3v) is 3.11. The minimum Gasteiger partial charge on any atom is -0.322 e. The van der Waals surface area contributed by atoms with E-state index < -0.39 is 11.5 Å². The van der Waals surface area contributed by atoms with Gasteiger partial charge in [0.05, 0.1) is 6.54 Å². The normalized spacial score (nSPS) is 16.4. The topological polar surface area (TPSA) is 66.5 Å². The second-order valence-electron chi connectivity index (χ2n) is 4.36. The SMILES string of the molecule is O=C(Nc1ccc(CN2C(=O)CCC2=O)cc1)C(F)Cl. The van der Waals surface area contributed by atoms with Crippen LogP contribution in [-0.4, -0.2) is 28.3 Å². The molecule has 1 aromatic rings. The first-order valence-electron chi connectivity index (χ1n) is 5.98. The molecule has 1 atom stereocenters. The lowest BCUT2D eigenvalue weighted by molar-refractivity contribution is -0.139. The molecule has 0 saturated carbocycles. The van der Waals surface area contributed by atoms with Gasteiger partial charge in [0, 0.05) is 18.5 Å². The molecule has 0 aliphatic carbocycles. The average Bonchev–Trinajstić information content (AvgIpc) is 2.72. The highest BCUT2D eigenvalue weighted by Gasteiger charge is 2.28. The molecule has 0 radical (unpaired) electrons. The Hall–Kier alpha value is -1.95. The van der Waals surface area contributed by atoms with E-state index in [1.54, 1.807) is 24.3 Å². The summed E-state index contributed by atoms with van der Waals surface area (Å²) in [5.41, 5.74) is -0.968. The van der Waals surface area contributed by atoms with Crippen molar-refractivity contribution in [1.29, 1.82) is 0 Å². The third-order valence-electron chi connectivity index (χ3n) is 2.92. The Labute approximate surface area is 119 Å². The van der Waals surface area contributed by atoms with Crippen LogP contribution in [0.3, 0.4) is 0 Å². The van der Waals surface area contributed by atoms with Gasteiger partial charge < -0.3 is 5.32 Å². The van der Waals surface area contributed by atoms with E-state index >= 15 is 0 Å². The zero-order valence-electron chi connectivity index (χ0n) is 10.4. The number of imide groups is 1. The third kappa shape index (κ3) is 3.33. The van der Waals surface area contributed by atoms with Crippen LogP contribution in [0.2, 0.25) is 0 Å². The number of hydrogen-bond donors (Lipinski definition) is 1. The summed E-state index contributed by atoms with van der Waals surface area (Å²) in [4.78, 5) is 35.2. The van der Waals surface area contributed by atoms with Gasteiger partial charge in [-0.1, -0.05) is 23.7 Å². The number of halogens is 2. The van der Waals surface area contributed by atoms with E-state index in [0.29, 0.717) is 5.69 Å². The van der Waals surface area contributed by atoms with Crippen LogP contribution in [0.15, 0.2) is 24.3 Å². The van der Waals surface area contributed by atoms with E-state index in [4.69, 9.17) is 11.6 Å². The fourth-order valence-corrected chi connectivity index (χ4v) is 1.93. The molecule has 0 spiro atoms. The average molecular weight is 299 g/mol. The second-order valence-corrected chi connectivity index (χ2v) is 4.74. The maximum Gasteiger partial charge on any atom is 0.274 e. The van der Waals surface area contributed by atoms with Gasteiger partial charge in [-0.15, -0.1) is 0 Å². The molecule has 20 heavy (non-hydrogen) atoms. The van der Waals surface area contributed by atoms with E-state index in [1.165, 1.54) is 4.90 Å². The summed E-state index contributed by atoms with van der Waals surface area (Å²) in [5, 5.41) is 2.29. The molecule has 1 heterocycles. The van der Waals surface area contributed by atoms with Crippen LogP contribution >= 0.6 is 11.6 Å². The van der Waals surface area contributed by atoms with Crippen molar-refractivity contribution in [2.45, 2.75) is 25.0 Å². The molecule has 3 amide bonds. The van der Waals surface area contributed by atoms with Crippen molar-refractivity contribution in [2.75, 3.05) is 5.32 Å². The summed E-state index contributed by atoms with van der Waals surface area (Å²) in [6, 6.07) is 6.40. The summed E-state index contributed by atoms with van der Waals surface area (Å²) in [6.45, 7) is 0.202. The fraction of sp³-hybridized carbons (Fsp3) is 0.308. The number of likely N-dealkylation sites (tertiary alicyclic amines) is 1. The summed E-state index contributed by atoms with van der Waals surface area (Å²) in [6.07, 6.45) is 0.501. The van der Waals surface area contributed by atoms with Gasteiger partial charge in [0.2, 0.25) is 11.8 Å². The molecule has 1 saturated heterocycles. The molecule has 1 N–H and O–H groups in total. The molecule has 7 heteroatoms. The van der Waals surface area contributed by atoms with Crippen molar-refractivity contribution >= 4 is 35.0 Å². The van der Waals surface area contributed by atoms with Gasteiger partial charge in [-0.3, -0.25) is 19.3 Å². The van der Waals surface area contributed by atoms with E-state index in [9.17, 15) is 18.8 Å². The van der Waals surface area contributed by atoms with Crippen LogP contribution in [-0.2, 0) is 20.9 Å². The summed E-state index contributed by atoms with van der Waals surface area (Å²) >= 11 is 4.99. The molecule has 5 nitrogen and oxygen atoms in total. The Bertz CT molecular complexity index is 529. The maximum atomic E-state index is 12.5. The van der Waals surface area contributed by atoms with Crippen molar-refractivity contribution < 1.29 is 18.8 Å². The molecule has 1 fully saturated rings. The van der Waals surface area contributed by atoms with Crippen LogP contribution in [0.25, 0.3) is 0 Å². The van der Waals surface area contributed by atoms with Crippen LogP contribution in [0, 0.1) is 0 Å². The summed E-state index contributed by atoms with van der Waals surface area (Å²) in [7, 11) is 0. The van der Waals surface area contributed by atoms with Crippen molar-refractivity contribution in [3.8, 4) is 0 Å². The van der Waals surface area contributed by atoms with E-state index in [0.717, 1.165) is 5.56 Å². The van der Waals surface area contributed by atoms with E-state index in [1.807, 2.05) is 0 Å². The summed E-state index contributed by atoms with van der Waals surface area (Å²) < 4.78 is 12.5. The molecule has 0 bridgehead atoms. The number of carbonyl (C=O) groups is 3. The highest BCUT2D eigenvalue weighted by Crippen LogP contribution is 2.17. The maximum absolute atomic E-state index is 12.5. The number of carbonyl (C=O) groups excluding carboxylic acids is 3. The van der Waals surface area contributed by atoms with Gasteiger partial charge >= 0.3 is 0 Å². The Morgan fingerprint density at radius 2 is 1.80 bits per heavy atom. The minimum atomic E-state index is -2.10. The Balaban J connectivity index is 2.00. The zero-order valence-corrected chi connectivity index (χ0v) is 11.2. The van der Waals surface area contributed by atoms with Crippen molar-refractivity contribution in [3.63, 3.8) is 0 Å². The van der Waals surface area contributed by atoms with Crippen LogP contribution in [0.4, 0.5) is 10.1 Å².